The van der Waals surface area contributed by atoms with E-state index in [0.717, 1.165) is 12.8 Å². The Morgan fingerprint density at radius 1 is 1.24 bits per heavy atom. The lowest BCUT2D eigenvalue weighted by Crippen LogP contribution is -2.43. The van der Waals surface area contributed by atoms with Gasteiger partial charge in [0, 0.05) is 17.7 Å². The predicted molar refractivity (Wildman–Crippen MR) is 96.5 cm³/mol. The van der Waals surface area contributed by atoms with Crippen molar-refractivity contribution in [2.24, 2.45) is 0 Å². The third-order valence-electron chi connectivity index (χ3n) is 4.20. The molecule has 1 aromatic carbocycles. The van der Waals surface area contributed by atoms with Crippen LogP contribution in [0.2, 0.25) is 0 Å². The molecule has 0 fully saturated rings. The third kappa shape index (κ3) is 4.92. The zero-order valence-electron chi connectivity index (χ0n) is 15.2. The van der Waals surface area contributed by atoms with E-state index < -0.39 is 0 Å². The van der Waals surface area contributed by atoms with Gasteiger partial charge in [0.1, 0.15) is 12.3 Å². The smallest absolute Gasteiger partial charge is 0.254 e. The van der Waals surface area contributed by atoms with Crippen LogP contribution in [0.4, 0.5) is 5.82 Å². The van der Waals surface area contributed by atoms with Gasteiger partial charge in [0.25, 0.3) is 5.91 Å². The van der Waals surface area contributed by atoms with E-state index in [4.69, 9.17) is 4.52 Å². The number of hydrogen-bond donors (Lipinski definition) is 1. The highest BCUT2D eigenvalue weighted by Crippen LogP contribution is 2.13. The van der Waals surface area contributed by atoms with E-state index in [-0.39, 0.29) is 24.4 Å². The minimum atomic E-state index is -0.299. The van der Waals surface area contributed by atoms with Crippen molar-refractivity contribution in [3.63, 3.8) is 0 Å². The highest BCUT2D eigenvalue weighted by molar-refractivity contribution is 5.99. The van der Waals surface area contributed by atoms with E-state index in [1.807, 2.05) is 38.1 Å². The van der Waals surface area contributed by atoms with Crippen molar-refractivity contribution >= 4 is 17.6 Å². The van der Waals surface area contributed by atoms with Crippen LogP contribution in [-0.2, 0) is 11.2 Å². The fourth-order valence-electron chi connectivity index (χ4n) is 2.46. The zero-order valence-corrected chi connectivity index (χ0v) is 15.2. The van der Waals surface area contributed by atoms with Crippen LogP contribution in [0.1, 0.15) is 48.9 Å². The molecule has 6 heteroatoms. The van der Waals surface area contributed by atoms with Crippen LogP contribution < -0.4 is 5.32 Å². The van der Waals surface area contributed by atoms with Crippen LogP contribution in [0.25, 0.3) is 0 Å². The first kappa shape index (κ1) is 18.7. The number of amides is 2. The lowest BCUT2D eigenvalue weighted by atomic mass is 10.1. The van der Waals surface area contributed by atoms with Gasteiger partial charge >= 0.3 is 0 Å². The molecule has 25 heavy (non-hydrogen) atoms. The number of nitrogens with zero attached hydrogens (tertiary/aromatic N) is 2. The summed E-state index contributed by atoms with van der Waals surface area (Å²) in [4.78, 5) is 26.7. The molecule has 1 unspecified atom stereocenters. The third-order valence-corrected chi connectivity index (χ3v) is 4.20. The molecule has 0 spiro atoms. The summed E-state index contributed by atoms with van der Waals surface area (Å²) in [7, 11) is 0. The minimum absolute atomic E-state index is 0.0325. The van der Waals surface area contributed by atoms with E-state index in [1.165, 1.54) is 5.56 Å². The molecule has 0 radical (unpaired) electrons. The Labute approximate surface area is 148 Å². The molecule has 6 nitrogen and oxygen atoms in total. The monoisotopic (exact) mass is 343 g/mol. The van der Waals surface area contributed by atoms with Crippen LogP contribution in [0.3, 0.4) is 0 Å². The van der Waals surface area contributed by atoms with Crippen LogP contribution in [-0.4, -0.2) is 34.5 Å². The number of anilines is 1. The van der Waals surface area contributed by atoms with Gasteiger partial charge in [-0.3, -0.25) is 9.59 Å². The molecule has 0 aliphatic heterocycles. The molecule has 0 aliphatic carbocycles. The summed E-state index contributed by atoms with van der Waals surface area (Å²) in [5.74, 6) is 0.517. The minimum Gasteiger partial charge on any atom is -0.360 e. The van der Waals surface area contributed by atoms with Crippen LogP contribution in [0.15, 0.2) is 34.9 Å². The second-order valence-corrected chi connectivity index (χ2v) is 6.11. The van der Waals surface area contributed by atoms with Crippen molar-refractivity contribution in [3.05, 3.63) is 47.2 Å². The van der Waals surface area contributed by atoms with E-state index in [1.54, 1.807) is 17.9 Å². The average Bonchev–Trinajstić information content (AvgIpc) is 3.03. The average molecular weight is 343 g/mol. The maximum absolute atomic E-state index is 12.8. The highest BCUT2D eigenvalue weighted by Gasteiger charge is 2.23. The van der Waals surface area contributed by atoms with Gasteiger partial charge in [-0.15, -0.1) is 0 Å². The zero-order chi connectivity index (χ0) is 18.4. The van der Waals surface area contributed by atoms with E-state index >= 15 is 0 Å². The molecule has 0 saturated carbocycles. The summed E-state index contributed by atoms with van der Waals surface area (Å²) in [6, 6.07) is 9.10. The molecule has 1 aromatic heterocycles. The summed E-state index contributed by atoms with van der Waals surface area (Å²) in [6.45, 7) is 7.71. The lowest BCUT2D eigenvalue weighted by Gasteiger charge is -2.28. The number of rotatable bonds is 7. The molecular weight excluding hydrogens is 318 g/mol. The number of aryl methyl sites for hydroxylation is 2. The Morgan fingerprint density at radius 2 is 1.92 bits per heavy atom. The molecule has 1 heterocycles. The Hall–Kier alpha value is -2.63. The van der Waals surface area contributed by atoms with Crippen LogP contribution in [0.5, 0.6) is 0 Å². The summed E-state index contributed by atoms with van der Waals surface area (Å²) in [5.41, 5.74) is 1.76. The number of hydrogen-bond acceptors (Lipinski definition) is 4. The van der Waals surface area contributed by atoms with Gasteiger partial charge in [0.05, 0.1) is 0 Å². The SMILES string of the molecule is CCc1ccc(C(=O)N(CC(=O)Nc2cc(C)on2)C(C)CC)cc1. The Bertz CT molecular complexity index is 722. The number of aromatic nitrogens is 1. The number of carbonyl (C=O) groups excluding carboxylic acids is 2. The molecule has 0 aliphatic rings. The first-order valence-corrected chi connectivity index (χ1v) is 8.57. The Kier molecular flexibility index (Phi) is 6.33. The first-order valence-electron chi connectivity index (χ1n) is 8.57. The van der Waals surface area contributed by atoms with E-state index in [2.05, 4.69) is 17.4 Å². The number of benzene rings is 1. The van der Waals surface area contributed by atoms with Crippen molar-refractivity contribution in [1.29, 1.82) is 0 Å². The fraction of sp³-hybridized carbons (Fsp3) is 0.421. The standard InChI is InChI=1S/C19H25N3O3/c1-5-13(3)22(12-18(23)20-17-11-14(4)25-21-17)19(24)16-9-7-15(6-2)8-10-16/h7-11,13H,5-6,12H2,1-4H3,(H,20,21,23). The maximum atomic E-state index is 12.8. The molecular formula is C19H25N3O3. The van der Waals surface area contributed by atoms with Gasteiger partial charge < -0.3 is 14.7 Å². The van der Waals surface area contributed by atoms with Crippen molar-refractivity contribution < 1.29 is 14.1 Å². The molecule has 2 rings (SSSR count). The van der Waals surface area contributed by atoms with Gasteiger partial charge in [0.2, 0.25) is 5.91 Å². The van der Waals surface area contributed by atoms with Crippen molar-refractivity contribution in [2.45, 2.75) is 46.6 Å². The van der Waals surface area contributed by atoms with Gasteiger partial charge in [0.15, 0.2) is 5.82 Å². The second kappa shape index (κ2) is 8.46. The summed E-state index contributed by atoms with van der Waals surface area (Å²) in [5, 5.41) is 6.40. The largest absolute Gasteiger partial charge is 0.360 e. The van der Waals surface area contributed by atoms with Gasteiger partial charge in [-0.1, -0.05) is 31.1 Å². The molecule has 0 saturated heterocycles. The van der Waals surface area contributed by atoms with Crippen LogP contribution in [0, 0.1) is 6.92 Å². The molecule has 2 amide bonds. The quantitative estimate of drug-likeness (QED) is 0.836. The first-order chi connectivity index (χ1) is 11.9. The molecule has 134 valence electrons. The van der Waals surface area contributed by atoms with E-state index in [0.29, 0.717) is 17.1 Å². The predicted octanol–water partition coefficient (Wildman–Crippen LogP) is 3.42. The Balaban J connectivity index is 2.11. The number of nitrogens with one attached hydrogen (secondary N) is 1. The normalized spacial score (nSPS) is 11.8. The lowest BCUT2D eigenvalue weighted by molar-refractivity contribution is -0.117. The summed E-state index contributed by atoms with van der Waals surface area (Å²) in [6.07, 6.45) is 1.68. The summed E-state index contributed by atoms with van der Waals surface area (Å²) < 4.78 is 4.93. The maximum Gasteiger partial charge on any atom is 0.254 e. The topological polar surface area (TPSA) is 75.4 Å². The van der Waals surface area contributed by atoms with Crippen LogP contribution >= 0.6 is 0 Å². The van der Waals surface area contributed by atoms with Gasteiger partial charge in [-0.2, -0.15) is 0 Å². The Morgan fingerprint density at radius 3 is 2.44 bits per heavy atom. The van der Waals surface area contributed by atoms with Crippen molar-refractivity contribution in [3.8, 4) is 0 Å². The second-order valence-electron chi connectivity index (χ2n) is 6.11. The summed E-state index contributed by atoms with van der Waals surface area (Å²) >= 11 is 0. The molecule has 2 aromatic rings. The van der Waals surface area contributed by atoms with E-state index in [9.17, 15) is 9.59 Å². The van der Waals surface area contributed by atoms with Gasteiger partial charge in [-0.05, 0) is 44.4 Å². The molecule has 1 atom stereocenters. The van der Waals surface area contributed by atoms with Gasteiger partial charge in [-0.25, -0.2) is 0 Å². The highest BCUT2D eigenvalue weighted by atomic mass is 16.5. The van der Waals surface area contributed by atoms with Crippen molar-refractivity contribution in [1.82, 2.24) is 10.1 Å². The van der Waals surface area contributed by atoms with Crippen molar-refractivity contribution in [2.75, 3.05) is 11.9 Å². The number of carbonyl (C=O) groups is 2. The fourth-order valence-corrected chi connectivity index (χ4v) is 2.46. The molecule has 0 bridgehead atoms. The molecule has 1 N–H and O–H groups in total.